The summed E-state index contributed by atoms with van der Waals surface area (Å²) in [4.78, 5) is 5.17. The van der Waals surface area contributed by atoms with Crippen molar-refractivity contribution in [3.63, 3.8) is 0 Å². The fourth-order valence-electron chi connectivity index (χ4n) is 1.44. The van der Waals surface area contributed by atoms with Crippen LogP contribution in [-0.4, -0.2) is 12.1 Å². The number of ether oxygens (including phenoxy) is 1. The summed E-state index contributed by atoms with van der Waals surface area (Å²) in [6.07, 6.45) is 2.63. The summed E-state index contributed by atoms with van der Waals surface area (Å²) >= 11 is 1.51. The van der Waals surface area contributed by atoms with Crippen LogP contribution >= 0.6 is 11.3 Å². The highest BCUT2D eigenvalue weighted by molar-refractivity contribution is 7.15. The first kappa shape index (κ1) is 9.98. The highest BCUT2D eigenvalue weighted by Gasteiger charge is 2.05. The molecule has 0 atom stereocenters. The average molecular weight is 220 g/mol. The fraction of sp³-hybridized carbons (Fsp3) is 0.182. The second-order valence-electron chi connectivity index (χ2n) is 3.15. The van der Waals surface area contributed by atoms with Gasteiger partial charge < -0.3 is 10.5 Å². The quantitative estimate of drug-likeness (QED) is 0.863. The lowest BCUT2D eigenvalue weighted by atomic mass is 10.1. The number of nitrogen functional groups attached to an aromatic ring is 1. The van der Waals surface area contributed by atoms with Crippen molar-refractivity contribution in [2.24, 2.45) is 0 Å². The smallest absolute Gasteiger partial charge is 0.180 e. The Hall–Kier alpha value is -1.55. The van der Waals surface area contributed by atoms with Crippen LogP contribution in [0.1, 0.15) is 10.4 Å². The number of benzene rings is 1. The molecule has 0 spiro atoms. The minimum Gasteiger partial charge on any atom is -0.496 e. The molecular weight excluding hydrogens is 208 g/mol. The molecule has 2 N–H and O–H groups in total. The van der Waals surface area contributed by atoms with Gasteiger partial charge in [0.25, 0.3) is 0 Å². The Labute approximate surface area is 92.5 Å². The van der Waals surface area contributed by atoms with Crippen molar-refractivity contribution in [3.8, 4) is 5.75 Å². The largest absolute Gasteiger partial charge is 0.496 e. The van der Waals surface area contributed by atoms with E-state index in [1.165, 1.54) is 11.3 Å². The Morgan fingerprint density at radius 2 is 2.20 bits per heavy atom. The van der Waals surface area contributed by atoms with E-state index in [0.29, 0.717) is 5.13 Å². The summed E-state index contributed by atoms with van der Waals surface area (Å²) in [6.45, 7) is 0. The van der Waals surface area contributed by atoms with Crippen LogP contribution in [0, 0.1) is 0 Å². The van der Waals surface area contributed by atoms with Gasteiger partial charge in [-0.1, -0.05) is 18.2 Å². The maximum atomic E-state index is 5.58. The summed E-state index contributed by atoms with van der Waals surface area (Å²) in [5.74, 6) is 0.907. The second kappa shape index (κ2) is 4.31. The number of nitrogens with zero attached hydrogens (tertiary/aromatic N) is 1. The predicted octanol–water partition coefficient (Wildman–Crippen LogP) is 2.32. The summed E-state index contributed by atoms with van der Waals surface area (Å²) in [7, 11) is 1.68. The third kappa shape index (κ3) is 2.27. The van der Waals surface area contributed by atoms with Crippen molar-refractivity contribution in [2.45, 2.75) is 6.42 Å². The predicted molar refractivity (Wildman–Crippen MR) is 62.3 cm³/mol. The van der Waals surface area contributed by atoms with Crippen LogP contribution in [0.3, 0.4) is 0 Å². The van der Waals surface area contributed by atoms with Gasteiger partial charge in [-0.05, 0) is 11.6 Å². The number of aromatic nitrogens is 1. The standard InChI is InChI=1S/C11H12N2OS/c1-14-10-5-3-2-4-8(10)6-9-7-13-11(12)15-9/h2-5,7H,6H2,1H3,(H2,12,13). The van der Waals surface area contributed by atoms with Crippen LogP contribution in [-0.2, 0) is 6.42 Å². The molecular formula is C11H12N2OS. The number of nitrogens with two attached hydrogens (primary N) is 1. The van der Waals surface area contributed by atoms with Gasteiger partial charge in [-0.3, -0.25) is 0 Å². The van der Waals surface area contributed by atoms with E-state index >= 15 is 0 Å². The van der Waals surface area contributed by atoms with E-state index in [2.05, 4.69) is 11.1 Å². The first-order chi connectivity index (χ1) is 7.29. The van der Waals surface area contributed by atoms with Crippen molar-refractivity contribution < 1.29 is 4.74 Å². The van der Waals surface area contributed by atoms with Crippen LogP contribution in [0.25, 0.3) is 0 Å². The molecule has 0 unspecified atom stereocenters. The van der Waals surface area contributed by atoms with Crippen LogP contribution in [0.15, 0.2) is 30.5 Å². The van der Waals surface area contributed by atoms with E-state index in [4.69, 9.17) is 10.5 Å². The lowest BCUT2D eigenvalue weighted by molar-refractivity contribution is 0.410. The minimum absolute atomic E-state index is 0.611. The van der Waals surface area contributed by atoms with Crippen molar-refractivity contribution in [1.82, 2.24) is 4.98 Å². The molecule has 0 fully saturated rings. The molecule has 1 heterocycles. The van der Waals surface area contributed by atoms with E-state index in [1.807, 2.05) is 24.4 Å². The van der Waals surface area contributed by atoms with Gasteiger partial charge in [0.15, 0.2) is 5.13 Å². The molecule has 0 bridgehead atoms. The molecule has 0 aliphatic heterocycles. The summed E-state index contributed by atoms with van der Waals surface area (Å²) in [6, 6.07) is 7.97. The van der Waals surface area contributed by atoms with Gasteiger partial charge in [0.05, 0.1) is 7.11 Å². The molecule has 78 valence electrons. The zero-order chi connectivity index (χ0) is 10.7. The van der Waals surface area contributed by atoms with E-state index in [1.54, 1.807) is 7.11 Å². The third-order valence-corrected chi connectivity index (χ3v) is 2.96. The number of methoxy groups -OCH3 is 1. The first-order valence-corrected chi connectivity index (χ1v) is 5.43. The molecule has 3 nitrogen and oxygen atoms in total. The van der Waals surface area contributed by atoms with Gasteiger partial charge >= 0.3 is 0 Å². The molecule has 0 aliphatic rings. The van der Waals surface area contributed by atoms with Crippen molar-refractivity contribution in [2.75, 3.05) is 12.8 Å². The van der Waals surface area contributed by atoms with Crippen LogP contribution in [0.2, 0.25) is 0 Å². The third-order valence-electron chi connectivity index (χ3n) is 2.13. The van der Waals surface area contributed by atoms with E-state index in [9.17, 15) is 0 Å². The molecule has 4 heteroatoms. The van der Waals surface area contributed by atoms with Gasteiger partial charge in [0, 0.05) is 17.5 Å². The molecule has 0 radical (unpaired) electrons. The molecule has 1 aromatic carbocycles. The number of thiazole rings is 1. The molecule has 0 amide bonds. The Morgan fingerprint density at radius 3 is 2.87 bits per heavy atom. The fourth-order valence-corrected chi connectivity index (χ4v) is 2.15. The highest BCUT2D eigenvalue weighted by Crippen LogP contribution is 2.24. The second-order valence-corrected chi connectivity index (χ2v) is 4.30. The maximum absolute atomic E-state index is 5.58. The Kier molecular flexibility index (Phi) is 2.87. The number of rotatable bonds is 3. The Bertz CT molecular complexity index is 453. The lowest BCUT2D eigenvalue weighted by Gasteiger charge is -2.05. The molecule has 0 saturated heterocycles. The van der Waals surface area contributed by atoms with Crippen molar-refractivity contribution in [3.05, 3.63) is 40.9 Å². The van der Waals surface area contributed by atoms with Crippen LogP contribution < -0.4 is 10.5 Å². The van der Waals surface area contributed by atoms with Gasteiger partial charge in [-0.25, -0.2) is 4.98 Å². The molecule has 1 aromatic heterocycles. The molecule has 0 saturated carbocycles. The van der Waals surface area contributed by atoms with E-state index in [0.717, 1.165) is 22.6 Å². The summed E-state index contributed by atoms with van der Waals surface area (Å²) < 4.78 is 5.28. The molecule has 2 rings (SSSR count). The SMILES string of the molecule is COc1ccccc1Cc1cnc(N)s1. The number of anilines is 1. The number of hydrogen-bond acceptors (Lipinski definition) is 4. The maximum Gasteiger partial charge on any atom is 0.180 e. The van der Waals surface area contributed by atoms with Gasteiger partial charge in [0.2, 0.25) is 0 Å². The zero-order valence-electron chi connectivity index (χ0n) is 8.43. The normalized spacial score (nSPS) is 10.2. The van der Waals surface area contributed by atoms with E-state index < -0.39 is 0 Å². The Balaban J connectivity index is 2.23. The molecule has 15 heavy (non-hydrogen) atoms. The van der Waals surface area contributed by atoms with Crippen LogP contribution in [0.5, 0.6) is 5.75 Å². The number of hydrogen-bond donors (Lipinski definition) is 1. The monoisotopic (exact) mass is 220 g/mol. The van der Waals surface area contributed by atoms with Gasteiger partial charge in [-0.15, -0.1) is 11.3 Å². The van der Waals surface area contributed by atoms with E-state index in [-0.39, 0.29) is 0 Å². The molecule has 0 aliphatic carbocycles. The van der Waals surface area contributed by atoms with Gasteiger partial charge in [-0.2, -0.15) is 0 Å². The topological polar surface area (TPSA) is 48.1 Å². The average Bonchev–Trinajstić information content (AvgIpc) is 2.65. The summed E-state index contributed by atoms with van der Waals surface area (Å²) in [5, 5.41) is 0.611. The van der Waals surface area contributed by atoms with Crippen LogP contribution in [0.4, 0.5) is 5.13 Å². The number of para-hydroxylation sites is 1. The summed E-state index contributed by atoms with van der Waals surface area (Å²) in [5.41, 5.74) is 6.74. The molecule has 2 aromatic rings. The Morgan fingerprint density at radius 1 is 1.40 bits per heavy atom. The lowest BCUT2D eigenvalue weighted by Crippen LogP contribution is -1.91. The first-order valence-electron chi connectivity index (χ1n) is 4.61. The van der Waals surface area contributed by atoms with Gasteiger partial charge in [0.1, 0.15) is 5.75 Å². The highest BCUT2D eigenvalue weighted by atomic mass is 32.1. The minimum atomic E-state index is 0.611. The zero-order valence-corrected chi connectivity index (χ0v) is 9.25. The van der Waals surface area contributed by atoms with Crippen molar-refractivity contribution >= 4 is 16.5 Å². The van der Waals surface area contributed by atoms with Crippen molar-refractivity contribution in [1.29, 1.82) is 0 Å².